The number of Topliss-reactive ketones (excluding diaryl/α,β-unsaturated/α-hetero) is 1. The van der Waals surface area contributed by atoms with Crippen molar-refractivity contribution in [3.63, 3.8) is 0 Å². The lowest BCUT2D eigenvalue weighted by atomic mass is 9.97. The number of amides is 1. The van der Waals surface area contributed by atoms with Gasteiger partial charge in [-0.3, -0.25) is 4.79 Å². The molecular formula is C20H22ClNO4. The van der Waals surface area contributed by atoms with Crippen LogP contribution in [-0.2, 0) is 11.2 Å². The Hall–Kier alpha value is -2.53. The first-order valence-corrected chi connectivity index (χ1v) is 8.78. The van der Waals surface area contributed by atoms with Crippen molar-refractivity contribution in [1.82, 2.24) is 5.32 Å². The van der Waals surface area contributed by atoms with Crippen molar-refractivity contribution >= 4 is 23.5 Å². The van der Waals surface area contributed by atoms with E-state index in [1.165, 1.54) is 7.11 Å². The van der Waals surface area contributed by atoms with Crippen molar-refractivity contribution in [3.05, 3.63) is 64.7 Å². The van der Waals surface area contributed by atoms with Gasteiger partial charge in [0.05, 0.1) is 24.8 Å². The summed E-state index contributed by atoms with van der Waals surface area (Å²) in [6.45, 7) is 1.95. The molecule has 0 radical (unpaired) electrons. The summed E-state index contributed by atoms with van der Waals surface area (Å²) in [5.41, 5.74) is 1.51. The molecule has 0 heterocycles. The second-order valence-electron chi connectivity index (χ2n) is 5.66. The number of hydrogen-bond acceptors (Lipinski definition) is 4. The number of alkyl carbamates (subject to hydrolysis) is 1. The number of ketones is 1. The topological polar surface area (TPSA) is 64.6 Å². The molecule has 26 heavy (non-hydrogen) atoms. The summed E-state index contributed by atoms with van der Waals surface area (Å²) in [6.07, 6.45) is 0.487. The molecule has 5 nitrogen and oxygen atoms in total. The Labute approximate surface area is 158 Å². The molecule has 0 aliphatic heterocycles. The van der Waals surface area contributed by atoms with E-state index in [9.17, 15) is 9.59 Å². The maximum absolute atomic E-state index is 12.9. The van der Waals surface area contributed by atoms with Crippen molar-refractivity contribution in [1.29, 1.82) is 0 Å². The van der Waals surface area contributed by atoms with Gasteiger partial charge in [-0.2, -0.15) is 0 Å². The number of aryl methyl sites for hydroxylation is 1. The highest BCUT2D eigenvalue weighted by atomic mass is 35.5. The van der Waals surface area contributed by atoms with Gasteiger partial charge in [0.25, 0.3) is 0 Å². The van der Waals surface area contributed by atoms with E-state index in [0.29, 0.717) is 29.2 Å². The molecular weight excluding hydrogens is 354 g/mol. The summed E-state index contributed by atoms with van der Waals surface area (Å²) in [7, 11) is 1.49. The quantitative estimate of drug-likeness (QED) is 0.699. The number of carbonyl (C=O) groups is 2. The monoisotopic (exact) mass is 375 g/mol. The summed E-state index contributed by atoms with van der Waals surface area (Å²) in [5, 5.41) is 3.07. The number of carbonyl (C=O) groups excluding carboxylic acids is 2. The third-order valence-electron chi connectivity index (χ3n) is 3.88. The Kier molecular flexibility index (Phi) is 7.48. The van der Waals surface area contributed by atoms with E-state index in [-0.39, 0.29) is 12.4 Å². The summed E-state index contributed by atoms with van der Waals surface area (Å²) in [6, 6.07) is 13.9. The van der Waals surface area contributed by atoms with Crippen molar-refractivity contribution in [3.8, 4) is 5.75 Å². The predicted molar refractivity (Wildman–Crippen MR) is 101 cm³/mol. The molecule has 0 saturated heterocycles. The summed E-state index contributed by atoms with van der Waals surface area (Å²) in [5.74, 6) is 0.194. The standard InChI is InChI=1S/C20H22ClNO4/c1-3-26-20(24)22-17(12-9-14-7-5-4-6-8-14)19(23)15-10-11-16(21)18(13-15)25-2/h4-8,10-11,13,17H,3,9,12H2,1-2H3,(H,22,24)/t17-/m0/s1. The average Bonchev–Trinajstić information content (AvgIpc) is 2.66. The number of halogens is 1. The van der Waals surface area contributed by atoms with E-state index in [0.717, 1.165) is 5.56 Å². The smallest absolute Gasteiger partial charge is 0.407 e. The largest absolute Gasteiger partial charge is 0.495 e. The van der Waals surface area contributed by atoms with Gasteiger partial charge in [-0.05, 0) is 43.5 Å². The molecule has 2 rings (SSSR count). The zero-order chi connectivity index (χ0) is 18.9. The first-order chi connectivity index (χ1) is 12.5. The van der Waals surface area contributed by atoms with Gasteiger partial charge in [-0.15, -0.1) is 0 Å². The lowest BCUT2D eigenvalue weighted by Crippen LogP contribution is -2.41. The number of methoxy groups -OCH3 is 1. The fraction of sp³-hybridized carbons (Fsp3) is 0.300. The molecule has 1 amide bonds. The maximum Gasteiger partial charge on any atom is 0.407 e. The Bertz CT molecular complexity index is 749. The molecule has 2 aromatic carbocycles. The number of benzene rings is 2. The van der Waals surface area contributed by atoms with Crippen LogP contribution in [0.15, 0.2) is 48.5 Å². The van der Waals surface area contributed by atoms with E-state index < -0.39 is 12.1 Å². The van der Waals surface area contributed by atoms with Gasteiger partial charge in [-0.25, -0.2) is 4.79 Å². The van der Waals surface area contributed by atoms with Crippen LogP contribution in [0.5, 0.6) is 5.75 Å². The third-order valence-corrected chi connectivity index (χ3v) is 4.20. The van der Waals surface area contributed by atoms with Crippen LogP contribution >= 0.6 is 11.6 Å². The molecule has 0 unspecified atom stereocenters. The third kappa shape index (κ3) is 5.49. The predicted octanol–water partition coefficient (Wildman–Crippen LogP) is 4.28. The van der Waals surface area contributed by atoms with E-state index in [1.54, 1.807) is 25.1 Å². The van der Waals surface area contributed by atoms with Crippen molar-refractivity contribution in [2.45, 2.75) is 25.8 Å². The molecule has 2 aromatic rings. The summed E-state index contributed by atoms with van der Waals surface area (Å²) < 4.78 is 10.1. The Morgan fingerprint density at radius 2 is 1.88 bits per heavy atom. The van der Waals surface area contributed by atoms with Crippen LogP contribution in [0.3, 0.4) is 0 Å². The molecule has 0 aliphatic rings. The van der Waals surface area contributed by atoms with Gasteiger partial charge in [0.2, 0.25) is 0 Å². The SMILES string of the molecule is CCOC(=O)N[C@@H](CCc1ccccc1)C(=O)c1ccc(Cl)c(OC)c1. The van der Waals surface area contributed by atoms with Gasteiger partial charge in [0.15, 0.2) is 5.78 Å². The molecule has 0 aromatic heterocycles. The van der Waals surface area contributed by atoms with Gasteiger partial charge in [-0.1, -0.05) is 41.9 Å². The normalized spacial score (nSPS) is 11.5. The first kappa shape index (κ1) is 19.8. The van der Waals surface area contributed by atoms with Crippen molar-refractivity contribution in [2.24, 2.45) is 0 Å². The number of ether oxygens (including phenoxy) is 2. The number of nitrogens with one attached hydrogen (secondary N) is 1. The Morgan fingerprint density at radius 3 is 2.54 bits per heavy atom. The molecule has 1 N–H and O–H groups in total. The molecule has 0 bridgehead atoms. The lowest BCUT2D eigenvalue weighted by molar-refractivity contribution is 0.0918. The molecule has 0 aliphatic carbocycles. The average molecular weight is 376 g/mol. The zero-order valence-electron chi connectivity index (χ0n) is 14.8. The molecule has 0 fully saturated rings. The van der Waals surface area contributed by atoms with Crippen LogP contribution in [-0.4, -0.2) is 31.6 Å². The van der Waals surface area contributed by atoms with E-state index in [2.05, 4.69) is 5.32 Å². The second kappa shape index (κ2) is 9.82. The van der Waals surface area contributed by atoms with Crippen LogP contribution in [0.1, 0.15) is 29.3 Å². The first-order valence-electron chi connectivity index (χ1n) is 8.40. The van der Waals surface area contributed by atoms with Gasteiger partial charge >= 0.3 is 6.09 Å². The highest BCUT2D eigenvalue weighted by molar-refractivity contribution is 6.32. The van der Waals surface area contributed by atoms with E-state index in [1.807, 2.05) is 30.3 Å². The highest BCUT2D eigenvalue weighted by Crippen LogP contribution is 2.26. The van der Waals surface area contributed by atoms with E-state index >= 15 is 0 Å². The van der Waals surface area contributed by atoms with Crippen molar-refractivity contribution < 1.29 is 19.1 Å². The van der Waals surface area contributed by atoms with Crippen LogP contribution in [0, 0.1) is 0 Å². The zero-order valence-corrected chi connectivity index (χ0v) is 15.6. The number of rotatable bonds is 8. The molecule has 1 atom stereocenters. The van der Waals surface area contributed by atoms with Crippen LogP contribution in [0.2, 0.25) is 5.02 Å². The molecule has 138 valence electrons. The van der Waals surface area contributed by atoms with Crippen LogP contribution < -0.4 is 10.1 Å². The van der Waals surface area contributed by atoms with Crippen LogP contribution in [0.4, 0.5) is 4.79 Å². The van der Waals surface area contributed by atoms with Crippen LogP contribution in [0.25, 0.3) is 0 Å². The molecule has 6 heteroatoms. The molecule has 0 saturated carbocycles. The van der Waals surface area contributed by atoms with Gasteiger partial charge in [0.1, 0.15) is 5.75 Å². The summed E-state index contributed by atoms with van der Waals surface area (Å²) in [4.78, 5) is 24.8. The Morgan fingerprint density at radius 1 is 1.15 bits per heavy atom. The second-order valence-corrected chi connectivity index (χ2v) is 6.06. The fourth-order valence-corrected chi connectivity index (χ4v) is 2.75. The fourth-order valence-electron chi connectivity index (χ4n) is 2.55. The highest BCUT2D eigenvalue weighted by Gasteiger charge is 2.23. The Balaban J connectivity index is 2.18. The van der Waals surface area contributed by atoms with Gasteiger partial charge < -0.3 is 14.8 Å². The number of hydrogen-bond donors (Lipinski definition) is 1. The van der Waals surface area contributed by atoms with E-state index in [4.69, 9.17) is 21.1 Å². The lowest BCUT2D eigenvalue weighted by Gasteiger charge is -2.18. The van der Waals surface area contributed by atoms with Gasteiger partial charge in [0, 0.05) is 5.56 Å². The molecule has 0 spiro atoms. The minimum atomic E-state index is -0.708. The summed E-state index contributed by atoms with van der Waals surface area (Å²) >= 11 is 6.02. The minimum Gasteiger partial charge on any atom is -0.495 e. The van der Waals surface area contributed by atoms with Crippen molar-refractivity contribution in [2.75, 3.05) is 13.7 Å². The minimum absolute atomic E-state index is 0.219. The maximum atomic E-state index is 12.9.